The Morgan fingerprint density at radius 2 is 1.83 bits per heavy atom. The molecule has 3 nitrogen and oxygen atoms in total. The molecule has 2 atom stereocenters. The van der Waals surface area contributed by atoms with E-state index >= 15 is 0 Å². The molecule has 0 spiro atoms. The number of carbonyl (C=O) groups excluding carboxylic acids is 1. The largest absolute Gasteiger partial charge is 0.493 e. The normalized spacial score (nSPS) is 19.7. The Morgan fingerprint density at radius 1 is 1.12 bits per heavy atom. The third-order valence-electron chi connectivity index (χ3n) is 4.71. The highest BCUT2D eigenvalue weighted by Crippen LogP contribution is 2.38. The molecule has 0 aliphatic carbocycles. The molecule has 0 radical (unpaired) electrons. The van der Waals surface area contributed by atoms with Crippen LogP contribution in [-0.4, -0.2) is 24.0 Å². The monoisotopic (exact) mass is 323 g/mol. The number of benzene rings is 2. The third kappa shape index (κ3) is 3.61. The highest BCUT2D eigenvalue weighted by Gasteiger charge is 2.39. The highest BCUT2D eigenvalue weighted by atomic mass is 16.5. The molecule has 24 heavy (non-hydrogen) atoms. The molecule has 3 rings (SSSR count). The summed E-state index contributed by atoms with van der Waals surface area (Å²) in [7, 11) is 0. The average molecular weight is 323 g/mol. The molecule has 2 aromatic carbocycles. The van der Waals surface area contributed by atoms with Gasteiger partial charge in [0.05, 0.1) is 12.6 Å². The molecule has 1 fully saturated rings. The Hall–Kier alpha value is -2.29. The van der Waals surface area contributed by atoms with Gasteiger partial charge in [0.15, 0.2) is 0 Å². The van der Waals surface area contributed by atoms with Crippen LogP contribution in [0.15, 0.2) is 54.6 Å². The summed E-state index contributed by atoms with van der Waals surface area (Å²) in [6, 6.07) is 18.5. The van der Waals surface area contributed by atoms with Gasteiger partial charge in [0.25, 0.3) is 0 Å². The maximum Gasteiger partial charge on any atom is 0.223 e. The first-order chi connectivity index (χ1) is 11.7. The summed E-state index contributed by atoms with van der Waals surface area (Å²) in [5, 5.41) is 0. The van der Waals surface area contributed by atoms with Crippen LogP contribution in [0.2, 0.25) is 0 Å². The van der Waals surface area contributed by atoms with Crippen molar-refractivity contribution in [3.8, 4) is 5.75 Å². The summed E-state index contributed by atoms with van der Waals surface area (Å²) in [5.41, 5.74) is 2.37. The Morgan fingerprint density at radius 3 is 2.54 bits per heavy atom. The van der Waals surface area contributed by atoms with Crippen LogP contribution in [0, 0.1) is 12.8 Å². The lowest BCUT2D eigenvalue weighted by Crippen LogP contribution is -2.51. The molecule has 3 heteroatoms. The summed E-state index contributed by atoms with van der Waals surface area (Å²) in [6.07, 6.45) is 1.29. The number of hydrogen-bond acceptors (Lipinski definition) is 2. The van der Waals surface area contributed by atoms with E-state index in [-0.39, 0.29) is 11.9 Å². The summed E-state index contributed by atoms with van der Waals surface area (Å²) in [6.45, 7) is 5.68. The molecular formula is C21H25NO2. The zero-order valence-electron chi connectivity index (χ0n) is 14.4. The third-order valence-corrected chi connectivity index (χ3v) is 4.71. The Bertz CT molecular complexity index is 683. The average Bonchev–Trinajstić information content (AvgIpc) is 2.58. The van der Waals surface area contributed by atoms with Gasteiger partial charge in [-0.15, -0.1) is 0 Å². The minimum atomic E-state index is 0.232. The lowest BCUT2D eigenvalue weighted by molar-refractivity contribution is -0.143. The zero-order valence-corrected chi connectivity index (χ0v) is 14.4. The van der Waals surface area contributed by atoms with E-state index in [9.17, 15) is 4.79 Å². The first kappa shape index (κ1) is 16.6. The van der Waals surface area contributed by atoms with Crippen molar-refractivity contribution < 1.29 is 9.53 Å². The van der Waals surface area contributed by atoms with E-state index < -0.39 is 0 Å². The molecule has 1 amide bonds. The van der Waals surface area contributed by atoms with E-state index in [1.807, 2.05) is 54.3 Å². The fourth-order valence-corrected chi connectivity index (χ4v) is 3.38. The zero-order chi connectivity index (χ0) is 16.9. The van der Waals surface area contributed by atoms with Crippen molar-refractivity contribution in [1.82, 2.24) is 4.90 Å². The number of ether oxygens (including phenoxy) is 1. The van der Waals surface area contributed by atoms with Crippen LogP contribution in [0.25, 0.3) is 0 Å². The van der Waals surface area contributed by atoms with Gasteiger partial charge in [-0.25, -0.2) is 0 Å². The molecule has 0 N–H and O–H groups in total. The standard InChI is InChI=1S/C21H25NO2/c1-16-9-6-7-12-19(16)24-14-8-13-20(23)22-15-17(2)21(22)18-10-4-3-5-11-18/h3-7,9-12,17,21H,8,13-15H2,1-2H3/t17-,21-/m1/s1. The smallest absolute Gasteiger partial charge is 0.223 e. The van der Waals surface area contributed by atoms with Gasteiger partial charge in [-0.1, -0.05) is 55.5 Å². The topological polar surface area (TPSA) is 29.5 Å². The number of rotatable bonds is 6. The first-order valence-corrected chi connectivity index (χ1v) is 8.69. The van der Waals surface area contributed by atoms with Gasteiger partial charge in [-0.2, -0.15) is 0 Å². The van der Waals surface area contributed by atoms with E-state index in [0.29, 0.717) is 18.9 Å². The van der Waals surface area contributed by atoms with Crippen molar-refractivity contribution in [3.63, 3.8) is 0 Å². The molecule has 0 bridgehead atoms. The summed E-state index contributed by atoms with van der Waals surface area (Å²) in [4.78, 5) is 14.5. The Labute approximate surface area is 144 Å². The molecule has 1 aliphatic rings. The minimum Gasteiger partial charge on any atom is -0.493 e. The van der Waals surface area contributed by atoms with Crippen LogP contribution in [-0.2, 0) is 4.79 Å². The van der Waals surface area contributed by atoms with Crippen molar-refractivity contribution in [3.05, 3.63) is 65.7 Å². The number of hydrogen-bond donors (Lipinski definition) is 0. The van der Waals surface area contributed by atoms with Crippen LogP contribution in [0.4, 0.5) is 0 Å². The lowest BCUT2D eigenvalue weighted by Gasteiger charge is -2.47. The van der Waals surface area contributed by atoms with Crippen LogP contribution in [0.1, 0.15) is 36.9 Å². The fourth-order valence-electron chi connectivity index (χ4n) is 3.38. The van der Waals surface area contributed by atoms with Gasteiger partial charge in [0.2, 0.25) is 5.91 Å². The van der Waals surface area contributed by atoms with E-state index in [1.54, 1.807) is 0 Å². The Kier molecular flexibility index (Phi) is 5.19. The molecule has 1 aliphatic heterocycles. The van der Waals surface area contributed by atoms with Gasteiger partial charge in [-0.3, -0.25) is 4.79 Å². The second kappa shape index (κ2) is 7.52. The SMILES string of the molecule is Cc1ccccc1OCCCC(=O)N1C[C@@H](C)[C@@H]1c1ccccc1. The number of likely N-dealkylation sites (tertiary alicyclic amines) is 1. The molecule has 0 saturated carbocycles. The van der Waals surface area contributed by atoms with Crippen molar-refractivity contribution in [1.29, 1.82) is 0 Å². The molecule has 1 saturated heterocycles. The van der Waals surface area contributed by atoms with Crippen LogP contribution < -0.4 is 4.74 Å². The van der Waals surface area contributed by atoms with Gasteiger partial charge in [-0.05, 0) is 36.5 Å². The van der Waals surface area contributed by atoms with Crippen molar-refractivity contribution in [2.45, 2.75) is 32.7 Å². The van der Waals surface area contributed by atoms with Crippen LogP contribution >= 0.6 is 0 Å². The minimum absolute atomic E-state index is 0.232. The molecule has 2 aromatic rings. The maximum atomic E-state index is 12.5. The maximum absolute atomic E-state index is 12.5. The first-order valence-electron chi connectivity index (χ1n) is 8.69. The van der Waals surface area contributed by atoms with Gasteiger partial charge >= 0.3 is 0 Å². The number of para-hydroxylation sites is 1. The summed E-state index contributed by atoms with van der Waals surface area (Å²) >= 11 is 0. The molecule has 1 heterocycles. The van der Waals surface area contributed by atoms with E-state index in [2.05, 4.69) is 19.1 Å². The molecule has 126 valence electrons. The van der Waals surface area contributed by atoms with Gasteiger partial charge in [0.1, 0.15) is 5.75 Å². The van der Waals surface area contributed by atoms with Crippen molar-refractivity contribution in [2.75, 3.05) is 13.2 Å². The highest BCUT2D eigenvalue weighted by molar-refractivity contribution is 5.77. The Balaban J connectivity index is 1.48. The number of aryl methyl sites for hydroxylation is 1. The molecular weight excluding hydrogens is 298 g/mol. The number of carbonyl (C=O) groups is 1. The van der Waals surface area contributed by atoms with Gasteiger partial charge in [0, 0.05) is 13.0 Å². The van der Waals surface area contributed by atoms with E-state index in [1.165, 1.54) is 5.56 Å². The molecule has 0 aromatic heterocycles. The predicted octanol–water partition coefficient (Wildman–Crippen LogP) is 4.37. The fraction of sp³-hybridized carbons (Fsp3) is 0.381. The second-order valence-corrected chi connectivity index (χ2v) is 6.60. The van der Waals surface area contributed by atoms with Crippen LogP contribution in [0.3, 0.4) is 0 Å². The van der Waals surface area contributed by atoms with Crippen LogP contribution in [0.5, 0.6) is 5.75 Å². The summed E-state index contributed by atoms with van der Waals surface area (Å²) < 4.78 is 5.78. The number of amides is 1. The summed E-state index contributed by atoms with van der Waals surface area (Å²) in [5.74, 6) is 1.67. The second-order valence-electron chi connectivity index (χ2n) is 6.60. The lowest BCUT2D eigenvalue weighted by atomic mass is 9.84. The predicted molar refractivity (Wildman–Crippen MR) is 96.0 cm³/mol. The van der Waals surface area contributed by atoms with E-state index in [4.69, 9.17) is 4.74 Å². The van der Waals surface area contributed by atoms with Crippen molar-refractivity contribution >= 4 is 5.91 Å². The quantitative estimate of drug-likeness (QED) is 0.739. The van der Waals surface area contributed by atoms with Crippen molar-refractivity contribution in [2.24, 2.45) is 5.92 Å². The van der Waals surface area contributed by atoms with Gasteiger partial charge < -0.3 is 9.64 Å². The molecule has 0 unspecified atom stereocenters. The van der Waals surface area contributed by atoms with E-state index in [0.717, 1.165) is 24.3 Å². The number of nitrogens with zero attached hydrogens (tertiary/aromatic N) is 1.